The number of benzene rings is 1. The number of hydrogen-bond donors (Lipinski definition) is 2. The molecular weight excluding hydrogens is 361 g/mol. The summed E-state index contributed by atoms with van der Waals surface area (Å²) in [6.45, 7) is 2.68. The Morgan fingerprint density at radius 1 is 1.26 bits per heavy atom. The molecule has 1 aromatic carbocycles. The first-order valence-corrected chi connectivity index (χ1v) is 8.36. The van der Waals surface area contributed by atoms with Gasteiger partial charge < -0.3 is 15.7 Å². The third kappa shape index (κ3) is 2.95. The van der Waals surface area contributed by atoms with E-state index in [2.05, 4.69) is 15.1 Å². The van der Waals surface area contributed by atoms with Gasteiger partial charge in [0.05, 0.1) is 28.4 Å². The second-order valence-corrected chi connectivity index (χ2v) is 6.68. The van der Waals surface area contributed by atoms with Crippen LogP contribution in [0.25, 0.3) is 16.7 Å². The first-order valence-electron chi connectivity index (χ1n) is 8.36. The van der Waals surface area contributed by atoms with Crippen molar-refractivity contribution in [1.82, 2.24) is 19.7 Å². The highest BCUT2D eigenvalue weighted by molar-refractivity contribution is 5.89. The summed E-state index contributed by atoms with van der Waals surface area (Å²) in [5, 5.41) is 15.0. The number of rotatable bonds is 3. The number of anilines is 2. The van der Waals surface area contributed by atoms with Gasteiger partial charge in [-0.05, 0) is 24.6 Å². The summed E-state index contributed by atoms with van der Waals surface area (Å²) in [5.74, 6) is 0.493. The maximum atomic E-state index is 13.0. The van der Waals surface area contributed by atoms with Gasteiger partial charge in [0.25, 0.3) is 0 Å². The Labute approximate surface area is 152 Å². The van der Waals surface area contributed by atoms with Gasteiger partial charge in [0.2, 0.25) is 5.95 Å². The zero-order valence-electron chi connectivity index (χ0n) is 14.4. The predicted octanol–water partition coefficient (Wildman–Crippen LogP) is 2.38. The van der Waals surface area contributed by atoms with E-state index in [1.807, 2.05) is 11.8 Å². The van der Waals surface area contributed by atoms with Crippen molar-refractivity contribution >= 4 is 22.8 Å². The molecule has 0 bridgehead atoms. The van der Waals surface area contributed by atoms with E-state index in [0.717, 1.165) is 12.1 Å². The molecule has 10 heteroatoms. The van der Waals surface area contributed by atoms with Gasteiger partial charge in [-0.15, -0.1) is 0 Å². The fourth-order valence-corrected chi connectivity index (χ4v) is 3.19. The molecular formula is C17H17F3N6O. The molecule has 3 heterocycles. The molecule has 7 nitrogen and oxygen atoms in total. The molecule has 27 heavy (non-hydrogen) atoms. The van der Waals surface area contributed by atoms with Crippen LogP contribution in [0.4, 0.5) is 24.9 Å². The number of nitrogen functional groups attached to an aromatic ring is 1. The molecule has 142 valence electrons. The Kier molecular flexibility index (Phi) is 3.77. The van der Waals surface area contributed by atoms with Gasteiger partial charge in [0.15, 0.2) is 5.65 Å². The third-order valence-corrected chi connectivity index (χ3v) is 4.77. The molecule has 1 aliphatic rings. The fourth-order valence-electron chi connectivity index (χ4n) is 3.19. The van der Waals surface area contributed by atoms with Crippen LogP contribution in [0, 0.1) is 0 Å². The Morgan fingerprint density at radius 2 is 2.00 bits per heavy atom. The second-order valence-electron chi connectivity index (χ2n) is 6.68. The van der Waals surface area contributed by atoms with Crippen molar-refractivity contribution < 1.29 is 18.3 Å². The average Bonchev–Trinajstić information content (AvgIpc) is 3.01. The molecule has 0 aliphatic carbocycles. The van der Waals surface area contributed by atoms with Crippen molar-refractivity contribution in [3.63, 3.8) is 0 Å². The number of fused-ring (bicyclic) bond motifs is 1. The van der Waals surface area contributed by atoms with Crippen LogP contribution in [-0.4, -0.2) is 43.5 Å². The fraction of sp³-hybridized carbons (Fsp3) is 0.353. The molecule has 0 spiro atoms. The quantitative estimate of drug-likeness (QED) is 0.727. The molecule has 0 amide bonds. The van der Waals surface area contributed by atoms with Crippen LogP contribution in [0.3, 0.4) is 0 Å². The van der Waals surface area contributed by atoms with E-state index in [1.165, 1.54) is 23.0 Å². The van der Waals surface area contributed by atoms with Crippen LogP contribution >= 0.6 is 0 Å². The maximum Gasteiger partial charge on any atom is 0.416 e. The number of halogens is 3. The van der Waals surface area contributed by atoms with Crippen LogP contribution in [0.15, 0.2) is 30.5 Å². The van der Waals surface area contributed by atoms with Crippen molar-refractivity contribution in [2.45, 2.75) is 25.1 Å². The van der Waals surface area contributed by atoms with E-state index in [0.29, 0.717) is 36.4 Å². The lowest BCUT2D eigenvalue weighted by Crippen LogP contribution is -2.62. The summed E-state index contributed by atoms with van der Waals surface area (Å²) in [4.78, 5) is 10.2. The molecule has 3 aromatic rings. The zero-order valence-corrected chi connectivity index (χ0v) is 14.4. The minimum absolute atomic E-state index is 0.0156. The first-order chi connectivity index (χ1) is 12.7. The summed E-state index contributed by atoms with van der Waals surface area (Å²) < 4.78 is 40.3. The normalized spacial score (nSPS) is 16.6. The maximum absolute atomic E-state index is 13.0. The molecule has 1 fully saturated rings. The van der Waals surface area contributed by atoms with Gasteiger partial charge in [-0.3, -0.25) is 0 Å². The van der Waals surface area contributed by atoms with Crippen LogP contribution in [0.2, 0.25) is 0 Å². The van der Waals surface area contributed by atoms with Crippen molar-refractivity contribution in [3.05, 3.63) is 36.0 Å². The standard InChI is InChI=1S/C17H17F3N6O/c1-2-16(27)8-25(9-16)13-12-7-22-26(14(12)24-15(21)23-13)11-5-3-4-10(6-11)17(18,19)20/h3-7,27H,2,8-9H2,1H3,(H2,21,23,24). The molecule has 2 aromatic heterocycles. The van der Waals surface area contributed by atoms with Crippen molar-refractivity contribution in [2.24, 2.45) is 0 Å². The minimum Gasteiger partial charge on any atom is -0.386 e. The van der Waals surface area contributed by atoms with Crippen LogP contribution in [-0.2, 0) is 6.18 Å². The van der Waals surface area contributed by atoms with Crippen LogP contribution in [0.1, 0.15) is 18.9 Å². The van der Waals surface area contributed by atoms with Crippen LogP contribution < -0.4 is 10.6 Å². The van der Waals surface area contributed by atoms with E-state index < -0.39 is 17.3 Å². The van der Waals surface area contributed by atoms with Gasteiger partial charge in [-0.2, -0.15) is 28.2 Å². The number of aromatic nitrogens is 4. The van der Waals surface area contributed by atoms with E-state index in [9.17, 15) is 18.3 Å². The van der Waals surface area contributed by atoms with Gasteiger partial charge in [0.1, 0.15) is 5.82 Å². The summed E-state index contributed by atoms with van der Waals surface area (Å²) in [6, 6.07) is 4.83. The van der Waals surface area contributed by atoms with E-state index in [4.69, 9.17) is 5.73 Å². The lowest BCUT2D eigenvalue weighted by Gasteiger charge is -2.46. The summed E-state index contributed by atoms with van der Waals surface area (Å²) in [5.41, 5.74) is 4.79. The lowest BCUT2D eigenvalue weighted by molar-refractivity contribution is -0.137. The first kappa shape index (κ1) is 17.5. The molecule has 0 unspecified atom stereocenters. The summed E-state index contributed by atoms with van der Waals surface area (Å²) >= 11 is 0. The summed E-state index contributed by atoms with van der Waals surface area (Å²) in [6.07, 6.45) is -2.36. The topological polar surface area (TPSA) is 93.1 Å². The van der Waals surface area contributed by atoms with Gasteiger partial charge in [-0.25, -0.2) is 4.68 Å². The van der Waals surface area contributed by atoms with Gasteiger partial charge in [0, 0.05) is 13.1 Å². The minimum atomic E-state index is -4.46. The zero-order chi connectivity index (χ0) is 19.4. The Bertz CT molecular complexity index is 1010. The number of nitrogens with zero attached hydrogens (tertiary/aromatic N) is 5. The molecule has 0 atom stereocenters. The Morgan fingerprint density at radius 3 is 2.67 bits per heavy atom. The van der Waals surface area contributed by atoms with Crippen molar-refractivity contribution in [3.8, 4) is 5.69 Å². The Hall–Kier alpha value is -2.88. The highest BCUT2D eigenvalue weighted by Gasteiger charge is 2.41. The number of nitrogens with two attached hydrogens (primary N) is 1. The SMILES string of the molecule is CCC1(O)CN(c2nc(N)nc3c2cnn3-c2cccc(C(F)(F)F)c2)C1. The van der Waals surface area contributed by atoms with Gasteiger partial charge in [-0.1, -0.05) is 13.0 Å². The van der Waals surface area contributed by atoms with Crippen LogP contribution in [0.5, 0.6) is 0 Å². The molecule has 0 radical (unpaired) electrons. The summed E-state index contributed by atoms with van der Waals surface area (Å²) in [7, 11) is 0. The van der Waals surface area contributed by atoms with E-state index in [1.54, 1.807) is 0 Å². The smallest absolute Gasteiger partial charge is 0.386 e. The number of alkyl halides is 3. The molecule has 1 aliphatic heterocycles. The van der Waals surface area contributed by atoms with Crippen molar-refractivity contribution in [2.75, 3.05) is 23.7 Å². The number of hydrogen-bond acceptors (Lipinski definition) is 6. The molecule has 1 saturated heterocycles. The molecule has 4 rings (SSSR count). The lowest BCUT2D eigenvalue weighted by atomic mass is 9.91. The second kappa shape index (κ2) is 5.81. The van der Waals surface area contributed by atoms with Crippen molar-refractivity contribution in [1.29, 1.82) is 0 Å². The van der Waals surface area contributed by atoms with E-state index in [-0.39, 0.29) is 11.6 Å². The highest BCUT2D eigenvalue weighted by Crippen LogP contribution is 2.35. The average molecular weight is 378 g/mol. The number of β-amino-alcohol motifs (C(OH)–C–C–N with tert-alkyl or cyclic N) is 1. The predicted molar refractivity (Wildman–Crippen MR) is 93.5 cm³/mol. The number of aliphatic hydroxyl groups is 1. The molecule has 0 saturated carbocycles. The van der Waals surface area contributed by atoms with Gasteiger partial charge >= 0.3 is 6.18 Å². The third-order valence-electron chi connectivity index (χ3n) is 4.77. The molecule has 3 N–H and O–H groups in total. The van der Waals surface area contributed by atoms with E-state index >= 15 is 0 Å². The Balaban J connectivity index is 1.79. The monoisotopic (exact) mass is 378 g/mol. The largest absolute Gasteiger partial charge is 0.416 e. The highest BCUT2D eigenvalue weighted by atomic mass is 19.4.